The van der Waals surface area contributed by atoms with Crippen molar-refractivity contribution in [1.29, 1.82) is 0 Å². The topological polar surface area (TPSA) is 7.68 Å². The fourth-order valence-electron chi connectivity index (χ4n) is 3.14. The van der Waals surface area contributed by atoms with Gasteiger partial charge in [0.1, 0.15) is 6.20 Å². The lowest BCUT2D eigenvalue weighted by Gasteiger charge is -2.14. The van der Waals surface area contributed by atoms with E-state index in [1.165, 1.54) is 94.9 Å². The van der Waals surface area contributed by atoms with Crippen LogP contribution in [-0.2, 0) is 0 Å². The van der Waals surface area contributed by atoms with Crippen LogP contribution in [-0.4, -0.2) is 25.2 Å². The molecule has 0 aromatic heterocycles. The van der Waals surface area contributed by atoms with E-state index in [1.54, 1.807) is 0 Å². The molecule has 1 aliphatic heterocycles. The number of quaternary nitrogens is 1. The van der Waals surface area contributed by atoms with Gasteiger partial charge in [-0.3, -0.25) is 4.90 Å². The second kappa shape index (κ2) is 13.2. The Hall–Kier alpha value is -0.500. The van der Waals surface area contributed by atoms with Crippen LogP contribution in [0.5, 0.6) is 0 Å². The van der Waals surface area contributed by atoms with Crippen molar-refractivity contribution in [3.63, 3.8) is 0 Å². The molecule has 124 valence electrons. The van der Waals surface area contributed by atoms with Crippen LogP contribution in [0.15, 0.2) is 12.4 Å². The van der Waals surface area contributed by atoms with Gasteiger partial charge in [0.05, 0.1) is 13.2 Å². The lowest BCUT2D eigenvalue weighted by molar-refractivity contribution is -0.826. The maximum absolute atomic E-state index is 2.45. The van der Waals surface area contributed by atoms with Crippen LogP contribution >= 0.6 is 0 Å². The summed E-state index contributed by atoms with van der Waals surface area (Å²) in [5, 5.41) is 0. The minimum Gasteiger partial charge on any atom is -0.326 e. The summed E-state index contributed by atoms with van der Waals surface area (Å²) >= 11 is 0. The standard InChI is InChI=1S/C19H38N2/c1-3-4-5-6-7-8-9-10-11-12-13-14-15-16-21-18-17-20(2)19-21/h17-18H,3-16,19H2,1-2H3/p+1. The second-order valence-corrected chi connectivity index (χ2v) is 6.88. The summed E-state index contributed by atoms with van der Waals surface area (Å²) in [5.41, 5.74) is 0. The first-order valence-corrected chi connectivity index (χ1v) is 9.57. The van der Waals surface area contributed by atoms with Crippen molar-refractivity contribution in [2.75, 3.05) is 20.3 Å². The highest BCUT2D eigenvalue weighted by atomic mass is 15.3. The average Bonchev–Trinajstić information content (AvgIpc) is 2.89. The van der Waals surface area contributed by atoms with E-state index in [4.69, 9.17) is 0 Å². The van der Waals surface area contributed by atoms with Crippen LogP contribution in [0.3, 0.4) is 0 Å². The van der Waals surface area contributed by atoms with Crippen molar-refractivity contribution in [3.05, 3.63) is 12.4 Å². The average molecular weight is 296 g/mol. The first-order chi connectivity index (χ1) is 10.3. The Kier molecular flexibility index (Phi) is 11.6. The van der Waals surface area contributed by atoms with Gasteiger partial charge in [-0.2, -0.15) is 0 Å². The zero-order valence-electron chi connectivity index (χ0n) is 14.7. The third kappa shape index (κ3) is 10.8. The Labute approximate surface area is 133 Å². The summed E-state index contributed by atoms with van der Waals surface area (Å²) in [6.45, 7) is 4.71. The van der Waals surface area contributed by atoms with E-state index in [0.29, 0.717) is 0 Å². The minimum absolute atomic E-state index is 1.16. The number of nitrogens with one attached hydrogen (secondary N) is 1. The third-order valence-corrected chi connectivity index (χ3v) is 4.57. The third-order valence-electron chi connectivity index (χ3n) is 4.57. The molecule has 0 saturated carbocycles. The Morgan fingerprint density at radius 2 is 1.24 bits per heavy atom. The van der Waals surface area contributed by atoms with Gasteiger partial charge in [0.15, 0.2) is 6.67 Å². The van der Waals surface area contributed by atoms with Gasteiger partial charge in [0, 0.05) is 6.54 Å². The number of hydrogen-bond donors (Lipinski definition) is 1. The lowest BCUT2D eigenvalue weighted by atomic mass is 10.0. The van der Waals surface area contributed by atoms with Gasteiger partial charge in [0.2, 0.25) is 0 Å². The normalized spacial score (nSPS) is 17.8. The zero-order chi connectivity index (χ0) is 15.2. The molecule has 1 aliphatic rings. The van der Waals surface area contributed by atoms with Gasteiger partial charge in [0.25, 0.3) is 0 Å². The Morgan fingerprint density at radius 3 is 1.67 bits per heavy atom. The van der Waals surface area contributed by atoms with Crippen LogP contribution in [0.4, 0.5) is 0 Å². The van der Waals surface area contributed by atoms with Gasteiger partial charge >= 0.3 is 0 Å². The Morgan fingerprint density at radius 1 is 0.762 bits per heavy atom. The summed E-state index contributed by atoms with van der Waals surface area (Å²) in [5.74, 6) is 0. The van der Waals surface area contributed by atoms with E-state index in [1.807, 2.05) is 0 Å². The fourth-order valence-corrected chi connectivity index (χ4v) is 3.14. The molecule has 0 fully saturated rings. The predicted molar refractivity (Wildman–Crippen MR) is 93.3 cm³/mol. The van der Waals surface area contributed by atoms with Crippen molar-refractivity contribution in [3.8, 4) is 0 Å². The fraction of sp³-hybridized carbons (Fsp3) is 0.895. The van der Waals surface area contributed by atoms with Crippen molar-refractivity contribution >= 4 is 0 Å². The van der Waals surface area contributed by atoms with E-state index < -0.39 is 0 Å². The first-order valence-electron chi connectivity index (χ1n) is 9.57. The molecule has 0 spiro atoms. The summed E-state index contributed by atoms with van der Waals surface area (Å²) in [7, 11) is 2.22. The van der Waals surface area contributed by atoms with Crippen molar-refractivity contribution in [2.45, 2.75) is 90.4 Å². The SMILES string of the molecule is CCCCCCCCCCCCCCCN1C=C[NH+](C)C1. The number of nitrogens with zero attached hydrogens (tertiary/aromatic N) is 1. The summed E-state index contributed by atoms with van der Waals surface area (Å²) < 4.78 is 0. The van der Waals surface area contributed by atoms with Crippen LogP contribution < -0.4 is 4.90 Å². The highest BCUT2D eigenvalue weighted by Crippen LogP contribution is 2.12. The molecule has 2 nitrogen and oxygen atoms in total. The second-order valence-electron chi connectivity index (χ2n) is 6.88. The van der Waals surface area contributed by atoms with Crippen molar-refractivity contribution < 1.29 is 4.90 Å². The molecular formula is C19H39N2+. The molecule has 1 unspecified atom stereocenters. The molecule has 1 N–H and O–H groups in total. The van der Waals surface area contributed by atoms with E-state index in [2.05, 4.69) is 31.3 Å². The Bertz CT molecular complexity index is 250. The van der Waals surface area contributed by atoms with Gasteiger partial charge in [-0.25, -0.2) is 0 Å². The molecule has 1 atom stereocenters. The number of unbranched alkanes of at least 4 members (excludes halogenated alkanes) is 12. The molecule has 0 aromatic rings. The molecule has 0 amide bonds. The monoisotopic (exact) mass is 295 g/mol. The number of rotatable bonds is 14. The molecule has 0 bridgehead atoms. The lowest BCUT2D eigenvalue weighted by Crippen LogP contribution is -3.03. The summed E-state index contributed by atoms with van der Waals surface area (Å²) in [4.78, 5) is 3.96. The predicted octanol–water partition coefficient (Wildman–Crippen LogP) is 4.34. The highest BCUT2D eigenvalue weighted by molar-refractivity contribution is 4.77. The molecule has 0 aromatic carbocycles. The van der Waals surface area contributed by atoms with E-state index in [9.17, 15) is 0 Å². The van der Waals surface area contributed by atoms with E-state index in [0.717, 1.165) is 6.67 Å². The molecule has 21 heavy (non-hydrogen) atoms. The molecule has 2 heteroatoms. The number of hydrogen-bond acceptors (Lipinski definition) is 1. The van der Waals surface area contributed by atoms with Crippen LogP contribution in [0, 0.1) is 0 Å². The van der Waals surface area contributed by atoms with Crippen LogP contribution in [0.1, 0.15) is 90.4 Å². The van der Waals surface area contributed by atoms with Crippen LogP contribution in [0.2, 0.25) is 0 Å². The molecule has 1 rings (SSSR count). The first kappa shape index (κ1) is 18.5. The van der Waals surface area contributed by atoms with Gasteiger partial charge in [-0.05, 0) is 6.42 Å². The van der Waals surface area contributed by atoms with Crippen molar-refractivity contribution in [1.82, 2.24) is 4.90 Å². The molecule has 1 heterocycles. The maximum Gasteiger partial charge on any atom is 0.156 e. The largest absolute Gasteiger partial charge is 0.326 e. The Balaban J connectivity index is 1.70. The molecule has 0 radical (unpaired) electrons. The smallest absolute Gasteiger partial charge is 0.156 e. The van der Waals surface area contributed by atoms with E-state index >= 15 is 0 Å². The summed E-state index contributed by atoms with van der Waals surface area (Å²) in [6, 6.07) is 0. The van der Waals surface area contributed by atoms with Gasteiger partial charge in [-0.15, -0.1) is 0 Å². The quantitative estimate of drug-likeness (QED) is 0.469. The summed E-state index contributed by atoms with van der Waals surface area (Å²) in [6.07, 6.45) is 23.3. The van der Waals surface area contributed by atoms with E-state index in [-0.39, 0.29) is 0 Å². The zero-order valence-corrected chi connectivity index (χ0v) is 14.7. The maximum atomic E-state index is 2.45. The molecular weight excluding hydrogens is 256 g/mol. The van der Waals surface area contributed by atoms with Gasteiger partial charge < -0.3 is 4.90 Å². The van der Waals surface area contributed by atoms with Crippen LogP contribution in [0.25, 0.3) is 0 Å². The van der Waals surface area contributed by atoms with Gasteiger partial charge in [-0.1, -0.05) is 84.0 Å². The van der Waals surface area contributed by atoms with Crippen molar-refractivity contribution in [2.24, 2.45) is 0 Å². The highest BCUT2D eigenvalue weighted by Gasteiger charge is 2.11. The minimum atomic E-state index is 1.16. The molecule has 0 aliphatic carbocycles. The molecule has 0 saturated heterocycles.